The SMILES string of the molecule is CCCCc1cc(=O)[nH]c(-c2ccc(CN3CC(O)C3)cc2)n1. The van der Waals surface area contributed by atoms with Gasteiger partial charge in [0.15, 0.2) is 0 Å². The number of aromatic amines is 1. The zero-order valence-corrected chi connectivity index (χ0v) is 13.5. The summed E-state index contributed by atoms with van der Waals surface area (Å²) in [7, 11) is 0. The third-order valence-corrected chi connectivity index (χ3v) is 4.15. The summed E-state index contributed by atoms with van der Waals surface area (Å²) < 4.78 is 0. The Bertz CT molecular complexity index is 703. The molecule has 5 heteroatoms. The van der Waals surface area contributed by atoms with E-state index >= 15 is 0 Å². The number of aliphatic hydroxyl groups is 1. The van der Waals surface area contributed by atoms with Crippen LogP contribution in [0.15, 0.2) is 35.1 Å². The smallest absolute Gasteiger partial charge is 0.251 e. The summed E-state index contributed by atoms with van der Waals surface area (Å²) in [6, 6.07) is 9.68. The van der Waals surface area contributed by atoms with Gasteiger partial charge in [-0.05, 0) is 18.4 Å². The van der Waals surface area contributed by atoms with Crippen molar-refractivity contribution < 1.29 is 5.11 Å². The molecule has 2 aromatic rings. The predicted octanol–water partition coefficient (Wildman–Crippen LogP) is 1.96. The lowest BCUT2D eigenvalue weighted by atomic mass is 10.1. The Balaban J connectivity index is 1.73. The van der Waals surface area contributed by atoms with Gasteiger partial charge in [0.25, 0.3) is 5.56 Å². The first-order valence-electron chi connectivity index (χ1n) is 8.24. The molecule has 1 aromatic carbocycles. The van der Waals surface area contributed by atoms with E-state index in [1.165, 1.54) is 5.56 Å². The van der Waals surface area contributed by atoms with Gasteiger partial charge in [0, 0.05) is 37.0 Å². The van der Waals surface area contributed by atoms with E-state index in [4.69, 9.17) is 0 Å². The molecule has 0 amide bonds. The Morgan fingerprint density at radius 1 is 1.30 bits per heavy atom. The quantitative estimate of drug-likeness (QED) is 0.855. The van der Waals surface area contributed by atoms with Crippen molar-refractivity contribution in [3.63, 3.8) is 0 Å². The second-order valence-electron chi connectivity index (χ2n) is 6.23. The number of aromatic nitrogens is 2. The van der Waals surface area contributed by atoms with Gasteiger partial charge < -0.3 is 10.1 Å². The first-order valence-corrected chi connectivity index (χ1v) is 8.24. The largest absolute Gasteiger partial charge is 0.390 e. The van der Waals surface area contributed by atoms with E-state index < -0.39 is 0 Å². The molecule has 1 saturated heterocycles. The van der Waals surface area contributed by atoms with Crippen LogP contribution in [-0.4, -0.2) is 39.2 Å². The highest BCUT2D eigenvalue weighted by Gasteiger charge is 2.23. The topological polar surface area (TPSA) is 69.2 Å². The molecule has 0 unspecified atom stereocenters. The molecule has 1 aliphatic heterocycles. The average Bonchev–Trinajstić information content (AvgIpc) is 2.51. The van der Waals surface area contributed by atoms with E-state index in [0.717, 1.165) is 50.2 Å². The fourth-order valence-electron chi connectivity index (χ4n) is 2.83. The normalized spacial score (nSPS) is 15.6. The van der Waals surface area contributed by atoms with Crippen LogP contribution >= 0.6 is 0 Å². The number of nitrogens with one attached hydrogen (secondary N) is 1. The molecule has 1 aromatic heterocycles. The molecule has 0 bridgehead atoms. The molecule has 2 heterocycles. The molecule has 2 N–H and O–H groups in total. The number of hydrogen-bond acceptors (Lipinski definition) is 4. The van der Waals surface area contributed by atoms with Gasteiger partial charge in [-0.1, -0.05) is 37.6 Å². The zero-order chi connectivity index (χ0) is 16.2. The molecule has 0 saturated carbocycles. The summed E-state index contributed by atoms with van der Waals surface area (Å²) in [6.07, 6.45) is 2.79. The minimum Gasteiger partial charge on any atom is -0.390 e. The second kappa shape index (κ2) is 7.06. The van der Waals surface area contributed by atoms with Crippen LogP contribution in [0.4, 0.5) is 0 Å². The molecular weight excluding hydrogens is 290 g/mol. The van der Waals surface area contributed by atoms with Crippen LogP contribution in [0.2, 0.25) is 0 Å². The Morgan fingerprint density at radius 2 is 2.04 bits per heavy atom. The first-order chi connectivity index (χ1) is 11.1. The van der Waals surface area contributed by atoms with E-state index in [2.05, 4.69) is 33.9 Å². The van der Waals surface area contributed by atoms with Crippen LogP contribution in [0.5, 0.6) is 0 Å². The number of benzene rings is 1. The van der Waals surface area contributed by atoms with E-state index in [9.17, 15) is 9.90 Å². The second-order valence-corrected chi connectivity index (χ2v) is 6.23. The molecular formula is C18H23N3O2. The third-order valence-electron chi connectivity index (χ3n) is 4.15. The number of aryl methyl sites for hydroxylation is 1. The maximum Gasteiger partial charge on any atom is 0.251 e. The van der Waals surface area contributed by atoms with Crippen molar-refractivity contribution in [3.8, 4) is 11.4 Å². The minimum absolute atomic E-state index is 0.0975. The number of aliphatic hydroxyl groups excluding tert-OH is 1. The summed E-state index contributed by atoms with van der Waals surface area (Å²) in [4.78, 5) is 21.4. The molecule has 0 atom stereocenters. The number of H-pyrrole nitrogens is 1. The number of likely N-dealkylation sites (tertiary alicyclic amines) is 1. The van der Waals surface area contributed by atoms with E-state index in [1.54, 1.807) is 6.07 Å². The van der Waals surface area contributed by atoms with Crippen LogP contribution < -0.4 is 5.56 Å². The minimum atomic E-state index is -0.172. The molecule has 0 aliphatic carbocycles. The summed E-state index contributed by atoms with van der Waals surface area (Å²) in [5, 5.41) is 9.32. The van der Waals surface area contributed by atoms with Gasteiger partial charge in [-0.25, -0.2) is 4.98 Å². The zero-order valence-electron chi connectivity index (χ0n) is 13.5. The van der Waals surface area contributed by atoms with Crippen LogP contribution in [0.1, 0.15) is 31.0 Å². The van der Waals surface area contributed by atoms with Gasteiger partial charge in [-0.3, -0.25) is 9.69 Å². The number of rotatable bonds is 6. The highest BCUT2D eigenvalue weighted by Crippen LogP contribution is 2.18. The Kier molecular flexibility index (Phi) is 4.88. The number of unbranched alkanes of at least 4 members (excludes halogenated alkanes) is 1. The van der Waals surface area contributed by atoms with Crippen LogP contribution in [0, 0.1) is 0 Å². The fraction of sp³-hybridized carbons (Fsp3) is 0.444. The van der Waals surface area contributed by atoms with Gasteiger partial charge in [0.2, 0.25) is 0 Å². The van der Waals surface area contributed by atoms with Crippen molar-refractivity contribution in [2.75, 3.05) is 13.1 Å². The van der Waals surface area contributed by atoms with Crippen LogP contribution in [-0.2, 0) is 13.0 Å². The van der Waals surface area contributed by atoms with E-state index in [0.29, 0.717) is 5.82 Å². The summed E-state index contributed by atoms with van der Waals surface area (Å²) in [6.45, 7) is 4.47. The standard InChI is InChI=1S/C18H23N3O2/c1-2-3-4-15-9-17(23)20-18(19-15)14-7-5-13(6-8-14)10-21-11-16(22)12-21/h5-9,16,22H,2-4,10-12H2,1H3,(H,19,20,23). The van der Waals surface area contributed by atoms with Gasteiger partial charge in [0.1, 0.15) is 5.82 Å². The third kappa shape index (κ3) is 4.06. The Labute approximate surface area is 136 Å². The number of nitrogens with zero attached hydrogens (tertiary/aromatic N) is 2. The van der Waals surface area contributed by atoms with Crippen LogP contribution in [0.25, 0.3) is 11.4 Å². The van der Waals surface area contributed by atoms with Crippen molar-refractivity contribution in [1.29, 1.82) is 0 Å². The fourth-order valence-corrected chi connectivity index (χ4v) is 2.83. The molecule has 1 fully saturated rings. The summed E-state index contributed by atoms with van der Waals surface area (Å²) in [5.74, 6) is 0.634. The van der Waals surface area contributed by atoms with E-state index in [1.807, 2.05) is 12.1 Å². The lowest BCUT2D eigenvalue weighted by molar-refractivity contribution is -0.00286. The molecule has 122 valence electrons. The van der Waals surface area contributed by atoms with Gasteiger partial charge in [-0.15, -0.1) is 0 Å². The lowest BCUT2D eigenvalue weighted by Crippen LogP contribution is -2.49. The molecule has 5 nitrogen and oxygen atoms in total. The monoisotopic (exact) mass is 313 g/mol. The molecule has 1 aliphatic rings. The maximum atomic E-state index is 11.8. The predicted molar refractivity (Wildman–Crippen MR) is 90.2 cm³/mol. The molecule has 23 heavy (non-hydrogen) atoms. The van der Waals surface area contributed by atoms with Crippen LogP contribution in [0.3, 0.4) is 0 Å². The highest BCUT2D eigenvalue weighted by atomic mass is 16.3. The van der Waals surface area contributed by atoms with Gasteiger partial charge in [0.05, 0.1) is 6.10 Å². The summed E-state index contributed by atoms with van der Waals surface area (Å²) >= 11 is 0. The average molecular weight is 313 g/mol. The number of hydrogen-bond donors (Lipinski definition) is 2. The van der Waals surface area contributed by atoms with E-state index in [-0.39, 0.29) is 11.7 Å². The number of β-amino-alcohol motifs (C(OH)–C–C–N with tert-alkyl or cyclic N) is 1. The maximum absolute atomic E-state index is 11.8. The first kappa shape index (κ1) is 15.9. The molecule has 0 spiro atoms. The molecule has 0 radical (unpaired) electrons. The van der Waals surface area contributed by atoms with Gasteiger partial charge >= 0.3 is 0 Å². The van der Waals surface area contributed by atoms with Crippen molar-refractivity contribution in [2.45, 2.75) is 38.8 Å². The van der Waals surface area contributed by atoms with Gasteiger partial charge in [-0.2, -0.15) is 0 Å². The van der Waals surface area contributed by atoms with Crippen molar-refractivity contribution in [3.05, 3.63) is 51.9 Å². The van der Waals surface area contributed by atoms with Crippen molar-refractivity contribution in [2.24, 2.45) is 0 Å². The van der Waals surface area contributed by atoms with Crippen molar-refractivity contribution >= 4 is 0 Å². The highest BCUT2D eigenvalue weighted by molar-refractivity contribution is 5.55. The lowest BCUT2D eigenvalue weighted by Gasteiger charge is -2.35. The Morgan fingerprint density at radius 3 is 2.70 bits per heavy atom. The summed E-state index contributed by atoms with van der Waals surface area (Å²) in [5.41, 5.74) is 2.88. The Hall–Kier alpha value is -1.98. The molecule has 3 rings (SSSR count). The van der Waals surface area contributed by atoms with Crippen molar-refractivity contribution in [1.82, 2.24) is 14.9 Å².